The Balaban J connectivity index is 1.33. The van der Waals surface area contributed by atoms with Crippen molar-refractivity contribution in [1.29, 1.82) is 0 Å². The highest BCUT2D eigenvalue weighted by molar-refractivity contribution is 8.00. The number of carboxylic acids is 2. The summed E-state index contributed by atoms with van der Waals surface area (Å²) < 4.78 is 0. The number of phenolic OH excluding ortho intramolecular Hbond substituents is 2. The number of hydrogen-bond donors (Lipinski definition) is 9. The molecule has 0 aliphatic carbocycles. The third-order valence-electron chi connectivity index (χ3n) is 7.19. The standard InChI is InChI=1S/C27H28N10O9S2/c28-15-20(29)32-9-36(21(15)30)5-1-2-11-7-47-24-17(23(41)37(24)18(11)25(42)43)34-22(40)16(12-8-48-27(31)33-12)35-46-19(26(44)45)10-3-4-13(38)14(39)6-10/h1-4,6,8-9,17,19,21,24,38-39H,5,7,28-30H2,(H2,31,33)(H,34,40)(H,42,43)(H,44,45)/b2-1+,35-16-/t17?,19?,21?,24-/m0/s1. The van der Waals surface area contributed by atoms with Gasteiger partial charge in [0.15, 0.2) is 22.3 Å². The number of anilines is 1. The number of nitrogen functional groups attached to an aromatic ring is 1. The van der Waals surface area contributed by atoms with Gasteiger partial charge in [-0.15, -0.1) is 23.1 Å². The Hall–Kier alpha value is -5.80. The number of aromatic hydroxyl groups is 2. The molecule has 3 aliphatic rings. The van der Waals surface area contributed by atoms with Crippen LogP contribution in [0.25, 0.3) is 0 Å². The first-order valence-corrected chi connectivity index (χ1v) is 15.6. The fourth-order valence-electron chi connectivity index (χ4n) is 4.73. The Bertz CT molecular complexity index is 1840. The molecule has 5 rings (SSSR count). The fraction of sp³-hybridized carbons (Fsp3) is 0.222. The van der Waals surface area contributed by atoms with Crippen LogP contribution in [0.3, 0.4) is 0 Å². The summed E-state index contributed by atoms with van der Waals surface area (Å²) in [4.78, 5) is 66.7. The number of allylic oxidation sites excluding steroid dienone is 1. The lowest BCUT2D eigenvalue weighted by Gasteiger charge is -2.49. The highest BCUT2D eigenvalue weighted by atomic mass is 32.2. The zero-order valence-electron chi connectivity index (χ0n) is 24.5. The molecule has 1 aromatic carbocycles. The van der Waals surface area contributed by atoms with Gasteiger partial charge in [0.1, 0.15) is 34.8 Å². The highest BCUT2D eigenvalue weighted by Gasteiger charge is 2.54. The summed E-state index contributed by atoms with van der Waals surface area (Å²) in [6, 6.07) is 1.98. The third-order valence-corrected chi connectivity index (χ3v) is 9.17. The Morgan fingerprint density at radius 1 is 1.19 bits per heavy atom. The van der Waals surface area contributed by atoms with E-state index in [1.54, 1.807) is 17.1 Å². The lowest BCUT2D eigenvalue weighted by atomic mass is 10.0. The lowest BCUT2D eigenvalue weighted by Crippen LogP contribution is -2.71. The van der Waals surface area contributed by atoms with E-state index < -0.39 is 64.6 Å². The Morgan fingerprint density at radius 3 is 2.58 bits per heavy atom. The van der Waals surface area contributed by atoms with Crippen molar-refractivity contribution in [2.45, 2.75) is 23.7 Å². The van der Waals surface area contributed by atoms with Crippen molar-refractivity contribution in [2.24, 2.45) is 27.3 Å². The third kappa shape index (κ3) is 6.54. The quantitative estimate of drug-likeness (QED) is 0.0569. The van der Waals surface area contributed by atoms with Crippen LogP contribution in [0, 0.1) is 0 Å². The number of nitrogens with zero attached hydrogens (tertiary/aromatic N) is 5. The van der Waals surface area contributed by atoms with E-state index in [0.29, 0.717) is 5.57 Å². The molecule has 0 saturated carbocycles. The average Bonchev–Trinajstić information content (AvgIpc) is 3.48. The number of thioether (sulfide) groups is 1. The normalized spacial score (nSPS) is 21.6. The smallest absolute Gasteiger partial charge is 0.352 e. The van der Waals surface area contributed by atoms with Crippen molar-refractivity contribution >= 4 is 64.0 Å². The molecule has 2 aromatic rings. The molecule has 4 heterocycles. The number of hydrogen-bond acceptors (Lipinski definition) is 17. The first-order chi connectivity index (χ1) is 22.8. The number of rotatable bonds is 11. The number of aliphatic imine (C=N–C) groups is 1. The van der Waals surface area contributed by atoms with Crippen molar-refractivity contribution in [3.63, 3.8) is 0 Å². The number of nitrogens with one attached hydrogen (secondary N) is 1. The number of fused-ring (bicyclic) bond motifs is 1. The van der Waals surface area contributed by atoms with Crippen LogP contribution in [0.15, 0.2) is 68.7 Å². The number of amides is 2. The number of aromatic nitrogens is 1. The predicted octanol–water partition coefficient (Wildman–Crippen LogP) is -1.31. The number of oxime groups is 1. The molecule has 21 heteroatoms. The van der Waals surface area contributed by atoms with Gasteiger partial charge in [0, 0.05) is 23.2 Å². The van der Waals surface area contributed by atoms with Crippen molar-refractivity contribution in [2.75, 3.05) is 18.0 Å². The van der Waals surface area contributed by atoms with Crippen LogP contribution < -0.4 is 28.3 Å². The molecule has 2 amide bonds. The van der Waals surface area contributed by atoms with E-state index in [1.807, 2.05) is 0 Å². The molecule has 19 nitrogen and oxygen atoms in total. The number of phenols is 2. The van der Waals surface area contributed by atoms with Gasteiger partial charge in [0.25, 0.3) is 11.8 Å². The number of aliphatic carboxylic acids is 2. The van der Waals surface area contributed by atoms with Crippen LogP contribution in [-0.4, -0.2) is 101 Å². The van der Waals surface area contributed by atoms with Gasteiger partial charge in [-0.2, -0.15) is 0 Å². The molecule has 0 radical (unpaired) electrons. The van der Waals surface area contributed by atoms with E-state index in [9.17, 15) is 39.6 Å². The van der Waals surface area contributed by atoms with Crippen molar-refractivity contribution < 1.29 is 44.4 Å². The topological polar surface area (TPSA) is 319 Å². The van der Waals surface area contributed by atoms with E-state index in [-0.39, 0.29) is 45.9 Å². The van der Waals surface area contributed by atoms with Crippen LogP contribution in [0.4, 0.5) is 5.13 Å². The van der Waals surface area contributed by atoms with E-state index in [0.717, 1.165) is 28.4 Å². The summed E-state index contributed by atoms with van der Waals surface area (Å²) in [7, 11) is 0. The minimum Gasteiger partial charge on any atom is -0.504 e. The summed E-state index contributed by atoms with van der Waals surface area (Å²) in [5, 5.41) is 45.9. The van der Waals surface area contributed by atoms with E-state index >= 15 is 0 Å². The number of carboxylic acid groups (broad SMARTS) is 2. The molecule has 0 bridgehead atoms. The molecule has 13 N–H and O–H groups in total. The molecule has 48 heavy (non-hydrogen) atoms. The SMILES string of the molecule is NC1=C(N)C(N)N(C/C=C/C2=C(C(=O)O)N3C(=O)C(NC(=O)/C(=N\OC(C(=O)O)c4ccc(O)c(O)c4)c4csc(N)n4)[C@@H]3SC2)C=N1. The van der Waals surface area contributed by atoms with Crippen molar-refractivity contribution in [3.05, 3.63) is 69.8 Å². The first-order valence-electron chi connectivity index (χ1n) is 13.7. The first kappa shape index (κ1) is 33.6. The maximum atomic E-state index is 13.5. The number of carbonyl (C=O) groups is 4. The summed E-state index contributed by atoms with van der Waals surface area (Å²) in [6.07, 6.45) is 2.03. The number of nitrogens with two attached hydrogens (primary N) is 4. The zero-order valence-corrected chi connectivity index (χ0v) is 26.1. The minimum atomic E-state index is -1.83. The second-order valence-corrected chi connectivity index (χ2v) is 12.2. The monoisotopic (exact) mass is 700 g/mol. The van der Waals surface area contributed by atoms with Gasteiger partial charge in [-0.25, -0.2) is 19.6 Å². The molecule has 1 aromatic heterocycles. The molecule has 252 valence electrons. The van der Waals surface area contributed by atoms with Gasteiger partial charge in [-0.1, -0.05) is 23.4 Å². The number of β-lactam (4-membered cyclic amide) rings is 1. The van der Waals surface area contributed by atoms with Crippen molar-refractivity contribution in [3.8, 4) is 11.5 Å². The van der Waals surface area contributed by atoms with Gasteiger partial charge >= 0.3 is 11.9 Å². The minimum absolute atomic E-state index is 0.0490. The zero-order chi connectivity index (χ0) is 34.9. The molecule has 0 spiro atoms. The van der Waals surface area contributed by atoms with Gasteiger partial charge in [-0.3, -0.25) is 14.5 Å². The Kier molecular flexibility index (Phi) is 9.45. The Labute approximate surface area is 278 Å². The molecule has 3 aliphatic heterocycles. The van der Waals surface area contributed by atoms with Crippen LogP contribution in [0.5, 0.6) is 11.5 Å². The highest BCUT2D eigenvalue weighted by Crippen LogP contribution is 2.41. The van der Waals surface area contributed by atoms with E-state index in [4.69, 9.17) is 27.8 Å². The molecule has 4 atom stereocenters. The van der Waals surface area contributed by atoms with Gasteiger partial charge < -0.3 is 58.4 Å². The second-order valence-electron chi connectivity index (χ2n) is 10.3. The van der Waals surface area contributed by atoms with Crippen LogP contribution in [-0.2, 0) is 24.0 Å². The van der Waals surface area contributed by atoms with E-state index in [1.165, 1.54) is 29.5 Å². The summed E-state index contributed by atoms with van der Waals surface area (Å²) in [6.45, 7) is 0.206. The maximum Gasteiger partial charge on any atom is 0.352 e. The predicted molar refractivity (Wildman–Crippen MR) is 172 cm³/mol. The lowest BCUT2D eigenvalue weighted by molar-refractivity contribution is -0.151. The summed E-state index contributed by atoms with van der Waals surface area (Å²) in [5.74, 6) is -5.45. The molecule has 1 fully saturated rings. The molecule has 1 saturated heterocycles. The Morgan fingerprint density at radius 2 is 1.94 bits per heavy atom. The fourth-order valence-corrected chi connectivity index (χ4v) is 6.60. The number of carbonyl (C=O) groups excluding carboxylic acids is 2. The summed E-state index contributed by atoms with van der Waals surface area (Å²) in [5.41, 5.74) is 22.8. The number of benzene rings is 1. The summed E-state index contributed by atoms with van der Waals surface area (Å²) >= 11 is 2.15. The van der Waals surface area contributed by atoms with Crippen LogP contribution >= 0.6 is 23.1 Å². The maximum absolute atomic E-state index is 13.5. The molecular formula is C27H28N10O9S2. The van der Waals surface area contributed by atoms with E-state index in [2.05, 4.69) is 20.4 Å². The number of thiazole rings is 1. The average molecular weight is 701 g/mol. The van der Waals surface area contributed by atoms with Crippen LogP contribution in [0.1, 0.15) is 17.4 Å². The van der Waals surface area contributed by atoms with Crippen LogP contribution in [0.2, 0.25) is 0 Å². The van der Waals surface area contributed by atoms with Crippen molar-refractivity contribution in [1.82, 2.24) is 20.1 Å². The molecule has 3 unspecified atom stereocenters. The molecular weight excluding hydrogens is 672 g/mol. The second kappa shape index (κ2) is 13.5. The largest absolute Gasteiger partial charge is 0.504 e. The van der Waals surface area contributed by atoms with Gasteiger partial charge in [0.05, 0.1) is 12.0 Å². The van der Waals surface area contributed by atoms with Gasteiger partial charge in [0.2, 0.25) is 6.10 Å². The van der Waals surface area contributed by atoms with Gasteiger partial charge in [-0.05, 0) is 17.7 Å².